The van der Waals surface area contributed by atoms with E-state index in [1.807, 2.05) is 79.4 Å². The zero-order chi connectivity index (χ0) is 23.9. The molecule has 0 aliphatic carbocycles. The van der Waals surface area contributed by atoms with Crippen LogP contribution in [0.5, 0.6) is 0 Å². The normalized spacial score (nSPS) is 16.2. The Bertz CT molecular complexity index is 1520. The molecule has 172 valence electrons. The van der Waals surface area contributed by atoms with Crippen molar-refractivity contribution in [2.45, 2.75) is 24.1 Å². The third kappa shape index (κ3) is 4.29. The minimum atomic E-state index is -3.77. The molecular weight excluding hydrogens is 464 g/mol. The molecule has 1 fully saturated rings. The van der Waals surface area contributed by atoms with Crippen molar-refractivity contribution in [1.29, 1.82) is 0 Å². The van der Waals surface area contributed by atoms with Crippen LogP contribution in [-0.4, -0.2) is 20.1 Å². The number of aryl methyl sites for hydroxylation is 2. The van der Waals surface area contributed by atoms with Crippen LogP contribution >= 0.6 is 11.8 Å². The van der Waals surface area contributed by atoms with Crippen molar-refractivity contribution in [3.05, 3.63) is 102 Å². The molecule has 0 bridgehead atoms. The molecule has 0 spiro atoms. The molecule has 5 rings (SSSR count). The smallest absolute Gasteiger partial charge is 0.261 e. The van der Waals surface area contributed by atoms with Gasteiger partial charge in [0.15, 0.2) is 0 Å². The lowest BCUT2D eigenvalue weighted by Gasteiger charge is -2.26. The first-order valence-electron chi connectivity index (χ1n) is 10.9. The van der Waals surface area contributed by atoms with Gasteiger partial charge in [0.25, 0.3) is 10.0 Å². The van der Waals surface area contributed by atoms with Crippen LogP contribution in [0.2, 0.25) is 0 Å². The number of anilines is 2. The maximum atomic E-state index is 13.1. The Morgan fingerprint density at radius 3 is 2.47 bits per heavy atom. The fraction of sp³-hybridized carbons (Fsp3) is 0.148. The molecule has 1 saturated heterocycles. The van der Waals surface area contributed by atoms with Gasteiger partial charge in [0.05, 0.1) is 10.6 Å². The van der Waals surface area contributed by atoms with E-state index in [4.69, 9.17) is 0 Å². The Kier molecular flexibility index (Phi) is 5.83. The van der Waals surface area contributed by atoms with E-state index in [9.17, 15) is 13.2 Å². The van der Waals surface area contributed by atoms with Gasteiger partial charge in [0.1, 0.15) is 5.37 Å². The standard InChI is InChI=1S/C27H24N2O3S2/c1-18-10-13-25(19(2)14-18)29-26(30)17-33-27(29)22-8-5-9-23(15-22)28-34(31,32)24-12-11-20-6-3-4-7-21(20)16-24/h3-16,27-28H,17H2,1-2H3. The third-order valence-corrected chi connectivity index (χ3v) is 8.53. The van der Waals surface area contributed by atoms with Crippen LogP contribution in [-0.2, 0) is 14.8 Å². The van der Waals surface area contributed by atoms with E-state index < -0.39 is 10.0 Å². The molecule has 1 atom stereocenters. The third-order valence-electron chi connectivity index (χ3n) is 5.93. The Labute approximate surface area is 203 Å². The second-order valence-corrected chi connectivity index (χ2v) is 11.2. The van der Waals surface area contributed by atoms with E-state index in [0.29, 0.717) is 11.4 Å². The van der Waals surface area contributed by atoms with Crippen molar-refractivity contribution in [2.75, 3.05) is 15.4 Å². The Hall–Kier alpha value is -3.29. The molecule has 4 aromatic rings. The molecular formula is C27H24N2O3S2. The molecule has 1 aliphatic rings. The molecule has 0 aromatic heterocycles. The van der Waals surface area contributed by atoms with Gasteiger partial charge >= 0.3 is 0 Å². The zero-order valence-corrected chi connectivity index (χ0v) is 20.5. The number of benzene rings is 4. The summed E-state index contributed by atoms with van der Waals surface area (Å²) in [5.41, 5.74) is 4.39. The maximum absolute atomic E-state index is 13.1. The summed E-state index contributed by atoms with van der Waals surface area (Å²) in [6, 6.07) is 26.1. The number of nitrogens with zero attached hydrogens (tertiary/aromatic N) is 1. The highest BCUT2D eigenvalue weighted by Gasteiger charge is 2.35. The van der Waals surface area contributed by atoms with Gasteiger partial charge in [0, 0.05) is 11.4 Å². The van der Waals surface area contributed by atoms with Crippen LogP contribution in [0, 0.1) is 13.8 Å². The number of carbonyl (C=O) groups is 1. The highest BCUT2D eigenvalue weighted by Crippen LogP contribution is 2.43. The van der Waals surface area contributed by atoms with Gasteiger partial charge < -0.3 is 0 Å². The average molecular weight is 489 g/mol. The highest BCUT2D eigenvalue weighted by atomic mass is 32.2. The summed E-state index contributed by atoms with van der Waals surface area (Å²) in [6.45, 7) is 4.03. The number of hydrogen-bond donors (Lipinski definition) is 1. The molecule has 1 heterocycles. The van der Waals surface area contributed by atoms with Crippen LogP contribution < -0.4 is 9.62 Å². The van der Waals surface area contributed by atoms with Crippen LogP contribution in [0.4, 0.5) is 11.4 Å². The van der Waals surface area contributed by atoms with Crippen LogP contribution in [0.1, 0.15) is 22.1 Å². The van der Waals surface area contributed by atoms with Gasteiger partial charge in [-0.15, -0.1) is 11.8 Å². The zero-order valence-electron chi connectivity index (χ0n) is 18.9. The number of fused-ring (bicyclic) bond motifs is 1. The molecule has 1 aliphatic heterocycles. The topological polar surface area (TPSA) is 66.5 Å². The molecule has 0 radical (unpaired) electrons. The fourth-order valence-electron chi connectivity index (χ4n) is 4.31. The number of carbonyl (C=O) groups excluding carboxylic acids is 1. The van der Waals surface area contributed by atoms with E-state index in [0.717, 1.165) is 33.2 Å². The summed E-state index contributed by atoms with van der Waals surface area (Å²) in [4.78, 5) is 14.8. The number of nitrogens with one attached hydrogen (secondary N) is 1. The average Bonchev–Trinajstić information content (AvgIpc) is 3.20. The van der Waals surface area contributed by atoms with E-state index in [1.165, 1.54) is 0 Å². The van der Waals surface area contributed by atoms with E-state index in [1.54, 1.807) is 30.0 Å². The van der Waals surface area contributed by atoms with Crippen LogP contribution in [0.3, 0.4) is 0 Å². The second-order valence-electron chi connectivity index (χ2n) is 8.46. The molecule has 1 N–H and O–H groups in total. The van der Waals surface area contributed by atoms with Crippen molar-refractivity contribution < 1.29 is 13.2 Å². The van der Waals surface area contributed by atoms with Crippen molar-refractivity contribution in [3.63, 3.8) is 0 Å². The van der Waals surface area contributed by atoms with E-state index in [2.05, 4.69) is 10.8 Å². The number of sulfonamides is 1. The van der Waals surface area contributed by atoms with Crippen molar-refractivity contribution in [3.8, 4) is 0 Å². The van der Waals surface area contributed by atoms with Crippen molar-refractivity contribution in [1.82, 2.24) is 0 Å². The Balaban J connectivity index is 1.45. The van der Waals surface area contributed by atoms with Gasteiger partial charge in [-0.1, -0.05) is 60.2 Å². The summed E-state index contributed by atoms with van der Waals surface area (Å²) < 4.78 is 28.9. The Morgan fingerprint density at radius 2 is 1.68 bits per heavy atom. The van der Waals surface area contributed by atoms with E-state index >= 15 is 0 Å². The predicted molar refractivity (Wildman–Crippen MR) is 140 cm³/mol. The summed E-state index contributed by atoms with van der Waals surface area (Å²) in [5.74, 6) is 0.425. The molecule has 0 saturated carbocycles. The number of amides is 1. The minimum Gasteiger partial charge on any atom is -0.295 e. The minimum absolute atomic E-state index is 0.0455. The first-order chi connectivity index (χ1) is 16.3. The fourth-order valence-corrected chi connectivity index (χ4v) is 6.55. The predicted octanol–water partition coefficient (Wildman–Crippen LogP) is 6.04. The molecule has 4 aromatic carbocycles. The quantitative estimate of drug-likeness (QED) is 0.372. The van der Waals surface area contributed by atoms with Gasteiger partial charge in [-0.2, -0.15) is 0 Å². The van der Waals surface area contributed by atoms with Gasteiger partial charge in [-0.3, -0.25) is 14.4 Å². The van der Waals surface area contributed by atoms with Crippen LogP contribution in [0.25, 0.3) is 10.8 Å². The molecule has 7 heteroatoms. The second kappa shape index (κ2) is 8.81. The molecule has 1 unspecified atom stereocenters. The molecule has 1 amide bonds. The van der Waals surface area contributed by atoms with Crippen molar-refractivity contribution >= 4 is 49.8 Å². The summed E-state index contributed by atoms with van der Waals surface area (Å²) in [5, 5.41) is 1.63. The Morgan fingerprint density at radius 1 is 0.882 bits per heavy atom. The summed E-state index contributed by atoms with van der Waals surface area (Å²) >= 11 is 1.54. The lowest BCUT2D eigenvalue weighted by atomic mass is 10.1. The van der Waals surface area contributed by atoms with Gasteiger partial charge in [0.2, 0.25) is 5.91 Å². The number of rotatable bonds is 5. The summed E-state index contributed by atoms with van der Waals surface area (Å²) in [7, 11) is -3.77. The first kappa shape index (κ1) is 22.5. The monoisotopic (exact) mass is 488 g/mol. The van der Waals surface area contributed by atoms with Gasteiger partial charge in [-0.25, -0.2) is 8.42 Å². The lowest BCUT2D eigenvalue weighted by molar-refractivity contribution is -0.115. The molecule has 34 heavy (non-hydrogen) atoms. The first-order valence-corrected chi connectivity index (χ1v) is 13.5. The van der Waals surface area contributed by atoms with Gasteiger partial charge in [-0.05, 0) is 66.1 Å². The highest BCUT2D eigenvalue weighted by molar-refractivity contribution is 8.00. The molecule has 5 nitrogen and oxygen atoms in total. The lowest BCUT2D eigenvalue weighted by Crippen LogP contribution is -2.28. The summed E-state index contributed by atoms with van der Waals surface area (Å²) in [6.07, 6.45) is 0. The van der Waals surface area contributed by atoms with E-state index in [-0.39, 0.29) is 16.2 Å². The maximum Gasteiger partial charge on any atom is 0.261 e. The van der Waals surface area contributed by atoms with Crippen molar-refractivity contribution in [2.24, 2.45) is 0 Å². The number of hydrogen-bond acceptors (Lipinski definition) is 4. The number of thioether (sulfide) groups is 1. The van der Waals surface area contributed by atoms with Crippen LogP contribution in [0.15, 0.2) is 89.8 Å². The largest absolute Gasteiger partial charge is 0.295 e. The SMILES string of the molecule is Cc1ccc(N2C(=O)CSC2c2cccc(NS(=O)(=O)c3ccc4ccccc4c3)c2)c(C)c1.